The fourth-order valence-electron chi connectivity index (χ4n) is 6.89. The zero-order chi connectivity index (χ0) is 49.3. The predicted molar refractivity (Wildman–Crippen MR) is 292 cm³/mol. The first-order valence-electron chi connectivity index (χ1n) is 27.2. The number of unbranched alkanes of at least 4 members (excludes halogenated alkanes) is 15. The Labute approximate surface area is 417 Å². The van der Waals surface area contributed by atoms with Gasteiger partial charge in [0.25, 0.3) is 0 Å². The van der Waals surface area contributed by atoms with Gasteiger partial charge in [0.05, 0.1) is 6.42 Å². The van der Waals surface area contributed by atoms with Crippen molar-refractivity contribution in [1.82, 2.24) is 0 Å². The number of carbonyl (C=O) groups excluding carboxylic acids is 3. The van der Waals surface area contributed by atoms with E-state index in [1.54, 1.807) is 6.08 Å². The smallest absolute Gasteiger partial charge is 0.309 e. The Morgan fingerprint density at radius 3 is 1.03 bits per heavy atom. The molecule has 0 aliphatic rings. The molecule has 0 N–H and O–H groups in total. The molecule has 0 bridgehead atoms. The first-order valence-corrected chi connectivity index (χ1v) is 27.2. The number of carbonyl (C=O) groups is 3. The number of rotatable bonds is 47. The molecule has 0 radical (unpaired) electrons. The van der Waals surface area contributed by atoms with Crippen molar-refractivity contribution < 1.29 is 28.6 Å². The summed E-state index contributed by atoms with van der Waals surface area (Å²) in [5, 5.41) is 0. The molecule has 6 nitrogen and oxygen atoms in total. The first-order chi connectivity index (χ1) is 33.5. The van der Waals surface area contributed by atoms with Crippen LogP contribution in [0, 0.1) is 0 Å². The standard InChI is InChI=1S/C62H98O6/c1-4-7-10-13-16-19-22-25-28-30-31-32-35-37-40-43-46-49-52-55-61(64)67-58-59(57-66-60(63)54-51-48-45-42-39-36-33-27-24-21-18-15-12-9-6-3)68-62(65)56-53-50-47-44-41-38-34-29-26-23-20-17-14-11-8-5-2/h7,9-10,12,16,18-21,23,25,27-29,31-34,39,42,48,51,59H,4-6,8,11,13-15,17,22,24,26,30,35-38,40-41,43-47,49-50,52-58H2,1-3H3/b10-7-,12-9-,19-16-,21-18-,23-20-,28-25-,32-31-,33-27-,34-29-,42-39-,51-48-. The Balaban J connectivity index is 4.56. The maximum atomic E-state index is 12.8. The van der Waals surface area contributed by atoms with Crippen LogP contribution in [0.4, 0.5) is 0 Å². The summed E-state index contributed by atoms with van der Waals surface area (Å²) in [5.41, 5.74) is 0. The summed E-state index contributed by atoms with van der Waals surface area (Å²) in [6, 6.07) is 0. The van der Waals surface area contributed by atoms with Crippen LogP contribution in [0.1, 0.15) is 220 Å². The molecule has 0 aromatic carbocycles. The summed E-state index contributed by atoms with van der Waals surface area (Å²) in [7, 11) is 0. The Hall–Kier alpha value is -4.45. The second-order valence-corrected chi connectivity index (χ2v) is 17.4. The molecule has 0 spiro atoms. The van der Waals surface area contributed by atoms with E-state index in [4.69, 9.17) is 14.2 Å². The average molecular weight is 939 g/mol. The molecule has 0 fully saturated rings. The highest BCUT2D eigenvalue weighted by atomic mass is 16.6. The molecular formula is C62H98O6. The molecule has 382 valence electrons. The first kappa shape index (κ1) is 63.5. The summed E-state index contributed by atoms with van der Waals surface area (Å²) in [6.45, 7) is 6.27. The van der Waals surface area contributed by atoms with Crippen LogP contribution in [0.25, 0.3) is 0 Å². The lowest BCUT2D eigenvalue weighted by atomic mass is 10.1. The molecule has 0 amide bonds. The van der Waals surface area contributed by atoms with Crippen molar-refractivity contribution in [1.29, 1.82) is 0 Å². The normalized spacial score (nSPS) is 13.2. The summed E-state index contributed by atoms with van der Waals surface area (Å²) in [4.78, 5) is 38.0. The zero-order valence-electron chi connectivity index (χ0n) is 43.6. The topological polar surface area (TPSA) is 78.9 Å². The Morgan fingerprint density at radius 2 is 0.632 bits per heavy atom. The Morgan fingerprint density at radius 1 is 0.324 bits per heavy atom. The summed E-state index contributed by atoms with van der Waals surface area (Å²) in [5.74, 6) is -1.09. The van der Waals surface area contributed by atoms with Crippen LogP contribution in [-0.4, -0.2) is 37.2 Å². The summed E-state index contributed by atoms with van der Waals surface area (Å²) in [6.07, 6.45) is 77.4. The van der Waals surface area contributed by atoms with Crippen LogP contribution in [0.15, 0.2) is 134 Å². The number of ether oxygens (including phenoxy) is 3. The van der Waals surface area contributed by atoms with Gasteiger partial charge in [0.1, 0.15) is 13.2 Å². The second kappa shape index (κ2) is 55.1. The van der Waals surface area contributed by atoms with Crippen molar-refractivity contribution in [3.63, 3.8) is 0 Å². The van der Waals surface area contributed by atoms with E-state index in [2.05, 4.69) is 142 Å². The van der Waals surface area contributed by atoms with Gasteiger partial charge in [-0.05, 0) is 116 Å². The lowest BCUT2D eigenvalue weighted by Gasteiger charge is -2.18. The number of hydrogen-bond donors (Lipinski definition) is 0. The van der Waals surface area contributed by atoms with Crippen molar-refractivity contribution in [3.05, 3.63) is 134 Å². The highest BCUT2D eigenvalue weighted by Gasteiger charge is 2.19. The summed E-state index contributed by atoms with van der Waals surface area (Å²) < 4.78 is 16.7. The fraction of sp³-hybridized carbons (Fsp3) is 0.597. The monoisotopic (exact) mass is 939 g/mol. The van der Waals surface area contributed by atoms with Gasteiger partial charge in [-0.25, -0.2) is 0 Å². The van der Waals surface area contributed by atoms with Gasteiger partial charge in [-0.1, -0.05) is 219 Å². The predicted octanol–water partition coefficient (Wildman–Crippen LogP) is 18.3. The molecule has 0 heterocycles. The molecule has 68 heavy (non-hydrogen) atoms. The third-order valence-electron chi connectivity index (χ3n) is 10.9. The van der Waals surface area contributed by atoms with Crippen molar-refractivity contribution in [3.8, 4) is 0 Å². The lowest BCUT2D eigenvalue weighted by molar-refractivity contribution is -0.166. The molecule has 1 unspecified atom stereocenters. The van der Waals surface area contributed by atoms with Gasteiger partial charge in [0, 0.05) is 12.8 Å². The van der Waals surface area contributed by atoms with Crippen LogP contribution < -0.4 is 0 Å². The number of hydrogen-bond acceptors (Lipinski definition) is 6. The lowest BCUT2D eigenvalue weighted by Crippen LogP contribution is -2.30. The maximum absolute atomic E-state index is 12.8. The SMILES string of the molecule is CC/C=C\C/C=C\C/C=C\C/C=C\C/C=C\CC(=O)OCC(COC(=O)CCCCCCCC/C=C\C/C=C\C/C=C\C/C=C\CC)OC(=O)CCCCCCC/C=C\C/C=C\CCCCCC. The third kappa shape index (κ3) is 52.5. The van der Waals surface area contributed by atoms with E-state index in [9.17, 15) is 14.4 Å². The molecule has 0 aromatic rings. The van der Waals surface area contributed by atoms with Gasteiger partial charge in [0.2, 0.25) is 0 Å². The molecule has 1 atom stereocenters. The molecule has 0 saturated heterocycles. The fourth-order valence-corrected chi connectivity index (χ4v) is 6.89. The van der Waals surface area contributed by atoms with Crippen molar-refractivity contribution >= 4 is 17.9 Å². The van der Waals surface area contributed by atoms with Crippen molar-refractivity contribution in [2.24, 2.45) is 0 Å². The minimum Gasteiger partial charge on any atom is -0.462 e. The highest BCUT2D eigenvalue weighted by Crippen LogP contribution is 2.13. The van der Waals surface area contributed by atoms with Crippen LogP contribution in [-0.2, 0) is 28.6 Å². The van der Waals surface area contributed by atoms with Crippen LogP contribution >= 0.6 is 0 Å². The number of allylic oxidation sites excluding steroid dienone is 21. The number of esters is 3. The highest BCUT2D eigenvalue weighted by molar-refractivity contribution is 5.72. The molecule has 6 heteroatoms. The van der Waals surface area contributed by atoms with Crippen LogP contribution in [0.5, 0.6) is 0 Å². The van der Waals surface area contributed by atoms with Gasteiger partial charge in [-0.15, -0.1) is 0 Å². The van der Waals surface area contributed by atoms with Gasteiger partial charge >= 0.3 is 17.9 Å². The minimum absolute atomic E-state index is 0.116. The Kier molecular flexibility index (Phi) is 51.5. The average Bonchev–Trinajstić information content (AvgIpc) is 3.34. The maximum Gasteiger partial charge on any atom is 0.309 e. The molecule has 0 aromatic heterocycles. The van der Waals surface area contributed by atoms with Gasteiger partial charge < -0.3 is 14.2 Å². The largest absolute Gasteiger partial charge is 0.462 e. The van der Waals surface area contributed by atoms with Crippen LogP contribution in [0.3, 0.4) is 0 Å². The zero-order valence-corrected chi connectivity index (χ0v) is 43.6. The molecule has 0 saturated carbocycles. The van der Waals surface area contributed by atoms with Crippen molar-refractivity contribution in [2.75, 3.05) is 13.2 Å². The van der Waals surface area contributed by atoms with Gasteiger partial charge in [0.15, 0.2) is 6.10 Å². The minimum atomic E-state index is -0.836. The van der Waals surface area contributed by atoms with E-state index in [-0.39, 0.29) is 38.0 Å². The van der Waals surface area contributed by atoms with E-state index in [1.807, 2.05) is 6.08 Å². The molecular weight excluding hydrogens is 841 g/mol. The molecule has 0 aliphatic carbocycles. The quantitative estimate of drug-likeness (QED) is 0.0262. The van der Waals surface area contributed by atoms with Crippen LogP contribution in [0.2, 0.25) is 0 Å². The van der Waals surface area contributed by atoms with Crippen molar-refractivity contribution in [2.45, 2.75) is 226 Å². The van der Waals surface area contributed by atoms with E-state index in [1.165, 1.54) is 44.9 Å². The molecule has 0 aliphatic heterocycles. The van der Waals surface area contributed by atoms with E-state index in [0.29, 0.717) is 6.42 Å². The Bertz CT molecular complexity index is 1500. The van der Waals surface area contributed by atoms with E-state index < -0.39 is 12.1 Å². The molecule has 0 rings (SSSR count). The summed E-state index contributed by atoms with van der Waals surface area (Å²) >= 11 is 0. The third-order valence-corrected chi connectivity index (χ3v) is 10.9. The van der Waals surface area contributed by atoms with Gasteiger partial charge in [-0.3, -0.25) is 14.4 Å². The van der Waals surface area contributed by atoms with E-state index >= 15 is 0 Å². The van der Waals surface area contributed by atoms with Gasteiger partial charge in [-0.2, -0.15) is 0 Å². The second-order valence-electron chi connectivity index (χ2n) is 17.4. The van der Waals surface area contributed by atoms with E-state index in [0.717, 1.165) is 135 Å².